The number of hydrogen-bond acceptors (Lipinski definition) is 3. The van der Waals surface area contributed by atoms with Crippen molar-refractivity contribution in [1.29, 1.82) is 0 Å². The van der Waals surface area contributed by atoms with Gasteiger partial charge in [0, 0.05) is 29.2 Å². The Morgan fingerprint density at radius 1 is 1.41 bits per heavy atom. The molecule has 0 heterocycles. The first-order valence-electron chi connectivity index (χ1n) is 5.91. The monoisotopic (exact) mass is 300 g/mol. The van der Waals surface area contributed by atoms with E-state index in [0.29, 0.717) is 5.75 Å². The predicted molar refractivity (Wildman–Crippen MR) is 75.4 cm³/mol. The average Bonchev–Trinajstić information content (AvgIpc) is 2.28. The van der Waals surface area contributed by atoms with Crippen molar-refractivity contribution in [2.45, 2.75) is 19.4 Å². The molecular formula is C13H21BrN2O. The fourth-order valence-electron chi connectivity index (χ4n) is 1.74. The lowest BCUT2D eigenvalue weighted by Gasteiger charge is -2.20. The van der Waals surface area contributed by atoms with E-state index in [2.05, 4.69) is 47.2 Å². The number of rotatable bonds is 6. The van der Waals surface area contributed by atoms with Crippen LogP contribution in [0.2, 0.25) is 0 Å². The molecule has 1 aromatic carbocycles. The highest BCUT2D eigenvalue weighted by atomic mass is 79.9. The molecule has 96 valence electrons. The van der Waals surface area contributed by atoms with Gasteiger partial charge in [0.1, 0.15) is 5.75 Å². The minimum absolute atomic E-state index is 0.201. The summed E-state index contributed by atoms with van der Waals surface area (Å²) in [7, 11) is 4.11. The first-order valence-corrected chi connectivity index (χ1v) is 6.70. The largest absolute Gasteiger partial charge is 0.508 e. The van der Waals surface area contributed by atoms with Crippen molar-refractivity contribution in [1.82, 2.24) is 10.2 Å². The number of likely N-dealkylation sites (N-methyl/N-ethyl adjacent to an activating group) is 1. The number of nitrogens with one attached hydrogen (secondary N) is 1. The van der Waals surface area contributed by atoms with Crippen molar-refractivity contribution in [2.24, 2.45) is 0 Å². The van der Waals surface area contributed by atoms with Crippen LogP contribution in [0.3, 0.4) is 0 Å². The van der Waals surface area contributed by atoms with Gasteiger partial charge in [0.2, 0.25) is 0 Å². The number of nitrogens with zero attached hydrogens (tertiary/aromatic N) is 1. The molecule has 0 radical (unpaired) electrons. The van der Waals surface area contributed by atoms with Gasteiger partial charge in [0.15, 0.2) is 0 Å². The zero-order chi connectivity index (χ0) is 12.8. The van der Waals surface area contributed by atoms with Crippen LogP contribution < -0.4 is 5.32 Å². The predicted octanol–water partition coefficient (Wildman–Crippen LogP) is 2.76. The molecule has 4 heteroatoms. The lowest BCUT2D eigenvalue weighted by Crippen LogP contribution is -2.29. The molecule has 0 amide bonds. The Balaban J connectivity index is 2.68. The fourth-order valence-corrected chi connectivity index (χ4v) is 2.12. The number of phenolic OH excluding ortho intramolecular Hbond substituents is 1. The second kappa shape index (κ2) is 6.99. The molecule has 0 fully saturated rings. The van der Waals surface area contributed by atoms with E-state index in [0.717, 1.165) is 29.5 Å². The van der Waals surface area contributed by atoms with Crippen LogP contribution in [0, 0.1) is 0 Å². The third kappa shape index (κ3) is 4.66. The van der Waals surface area contributed by atoms with Gasteiger partial charge in [-0.3, -0.25) is 0 Å². The van der Waals surface area contributed by atoms with Gasteiger partial charge in [-0.15, -0.1) is 0 Å². The standard InChI is InChI=1S/C13H21BrN2O/c1-4-12(15-7-8-16(2)3)11-9-10(14)5-6-13(11)17/h5-6,9,12,15,17H,4,7-8H2,1-3H3. The van der Waals surface area contributed by atoms with Crippen molar-refractivity contribution in [2.75, 3.05) is 27.2 Å². The third-order valence-electron chi connectivity index (χ3n) is 2.72. The van der Waals surface area contributed by atoms with E-state index >= 15 is 0 Å². The second-order valence-electron chi connectivity index (χ2n) is 4.42. The summed E-state index contributed by atoms with van der Waals surface area (Å²) in [5, 5.41) is 13.3. The first-order chi connectivity index (χ1) is 8.04. The number of halogens is 1. The van der Waals surface area contributed by atoms with Crippen molar-refractivity contribution in [3.05, 3.63) is 28.2 Å². The minimum Gasteiger partial charge on any atom is -0.508 e. The number of phenols is 1. The summed E-state index contributed by atoms with van der Waals surface area (Å²) in [6.45, 7) is 4.02. The quantitative estimate of drug-likeness (QED) is 0.848. The zero-order valence-corrected chi connectivity index (χ0v) is 12.3. The minimum atomic E-state index is 0.201. The van der Waals surface area contributed by atoms with Crippen LogP contribution in [0.15, 0.2) is 22.7 Å². The van der Waals surface area contributed by atoms with Crippen LogP contribution in [0.4, 0.5) is 0 Å². The van der Waals surface area contributed by atoms with Crippen molar-refractivity contribution < 1.29 is 5.11 Å². The average molecular weight is 301 g/mol. The Bertz CT molecular complexity index is 355. The van der Waals surface area contributed by atoms with E-state index in [1.807, 2.05) is 12.1 Å². The third-order valence-corrected chi connectivity index (χ3v) is 3.22. The highest BCUT2D eigenvalue weighted by molar-refractivity contribution is 9.10. The van der Waals surface area contributed by atoms with E-state index in [9.17, 15) is 5.11 Å². The Labute approximate surface area is 112 Å². The molecule has 0 saturated heterocycles. The smallest absolute Gasteiger partial charge is 0.120 e. The van der Waals surface area contributed by atoms with Gasteiger partial charge in [-0.2, -0.15) is 0 Å². The van der Waals surface area contributed by atoms with Crippen LogP contribution in [0.5, 0.6) is 5.75 Å². The van der Waals surface area contributed by atoms with Gasteiger partial charge >= 0.3 is 0 Å². The molecule has 1 atom stereocenters. The van der Waals surface area contributed by atoms with E-state index in [1.54, 1.807) is 6.07 Å². The summed E-state index contributed by atoms with van der Waals surface area (Å²) >= 11 is 3.44. The van der Waals surface area contributed by atoms with Crippen LogP contribution >= 0.6 is 15.9 Å². The molecule has 0 aliphatic rings. The van der Waals surface area contributed by atoms with Crippen LogP contribution in [-0.2, 0) is 0 Å². The van der Waals surface area contributed by atoms with Crippen LogP contribution in [0.1, 0.15) is 24.9 Å². The molecule has 0 aromatic heterocycles. The normalized spacial score (nSPS) is 13.0. The van der Waals surface area contributed by atoms with Gasteiger partial charge in [-0.1, -0.05) is 22.9 Å². The Kier molecular flexibility index (Phi) is 5.95. The van der Waals surface area contributed by atoms with Crippen molar-refractivity contribution in [3.63, 3.8) is 0 Å². The SMILES string of the molecule is CCC(NCCN(C)C)c1cc(Br)ccc1O. The summed E-state index contributed by atoms with van der Waals surface area (Å²) in [5.74, 6) is 0.359. The summed E-state index contributed by atoms with van der Waals surface area (Å²) < 4.78 is 0.998. The molecule has 1 rings (SSSR count). The van der Waals surface area contributed by atoms with Crippen LogP contribution in [0.25, 0.3) is 0 Å². The van der Waals surface area contributed by atoms with E-state index in [1.165, 1.54) is 0 Å². The summed E-state index contributed by atoms with van der Waals surface area (Å²) in [6.07, 6.45) is 0.956. The second-order valence-corrected chi connectivity index (χ2v) is 5.34. The van der Waals surface area contributed by atoms with Gasteiger partial charge < -0.3 is 15.3 Å². The highest BCUT2D eigenvalue weighted by Gasteiger charge is 2.13. The maximum absolute atomic E-state index is 9.87. The van der Waals surface area contributed by atoms with E-state index in [4.69, 9.17) is 0 Å². The van der Waals surface area contributed by atoms with Gasteiger partial charge in [0.25, 0.3) is 0 Å². The lowest BCUT2D eigenvalue weighted by atomic mass is 10.0. The van der Waals surface area contributed by atoms with Gasteiger partial charge in [-0.05, 0) is 38.7 Å². The highest BCUT2D eigenvalue weighted by Crippen LogP contribution is 2.29. The molecule has 0 spiro atoms. The molecule has 2 N–H and O–H groups in total. The molecular weight excluding hydrogens is 280 g/mol. The van der Waals surface area contributed by atoms with Crippen LogP contribution in [-0.4, -0.2) is 37.2 Å². The molecule has 0 saturated carbocycles. The molecule has 1 unspecified atom stereocenters. The van der Waals surface area contributed by atoms with E-state index < -0.39 is 0 Å². The Morgan fingerprint density at radius 2 is 2.12 bits per heavy atom. The number of hydrogen-bond donors (Lipinski definition) is 2. The fraction of sp³-hybridized carbons (Fsp3) is 0.538. The summed E-state index contributed by atoms with van der Waals surface area (Å²) in [4.78, 5) is 2.14. The molecule has 1 aromatic rings. The van der Waals surface area contributed by atoms with E-state index in [-0.39, 0.29) is 6.04 Å². The zero-order valence-electron chi connectivity index (χ0n) is 10.7. The Morgan fingerprint density at radius 3 is 2.71 bits per heavy atom. The molecule has 0 aliphatic heterocycles. The Hall–Kier alpha value is -0.580. The lowest BCUT2D eigenvalue weighted by molar-refractivity contribution is 0.377. The summed E-state index contributed by atoms with van der Waals surface area (Å²) in [6, 6.07) is 5.76. The molecule has 0 aliphatic carbocycles. The van der Waals surface area contributed by atoms with Gasteiger partial charge in [-0.25, -0.2) is 0 Å². The maximum atomic E-state index is 9.87. The summed E-state index contributed by atoms with van der Waals surface area (Å²) in [5.41, 5.74) is 0.959. The maximum Gasteiger partial charge on any atom is 0.120 e. The first kappa shape index (κ1) is 14.5. The van der Waals surface area contributed by atoms with Crippen molar-refractivity contribution >= 4 is 15.9 Å². The number of aromatic hydroxyl groups is 1. The molecule has 0 bridgehead atoms. The van der Waals surface area contributed by atoms with Gasteiger partial charge in [0.05, 0.1) is 0 Å². The molecule has 17 heavy (non-hydrogen) atoms. The van der Waals surface area contributed by atoms with Crippen molar-refractivity contribution in [3.8, 4) is 5.75 Å². The molecule has 3 nitrogen and oxygen atoms in total. The number of benzene rings is 1. The topological polar surface area (TPSA) is 35.5 Å².